The number of anilines is 3. The number of pyridine rings is 2. The van der Waals surface area contributed by atoms with Gasteiger partial charge in [-0.3, -0.25) is 4.98 Å². The molecule has 0 radical (unpaired) electrons. The minimum Gasteiger partial charge on any atom is -0.455 e. The fourth-order valence-corrected chi connectivity index (χ4v) is 8.87. The van der Waals surface area contributed by atoms with Crippen LogP contribution in [0, 0.1) is 0 Å². The Morgan fingerprint density at radius 1 is 0.617 bits per heavy atom. The van der Waals surface area contributed by atoms with E-state index in [2.05, 4.69) is 126 Å². The SMILES string of the molecule is Clc1ccc2c(n1)-c1ncccc1C21c2ccccc2Oc2c1ccc1c2Sc2ccccc2N1c1cccc(-c2ccccc2)c1. The van der Waals surface area contributed by atoms with Crippen molar-refractivity contribution in [2.45, 2.75) is 15.2 Å². The van der Waals surface area contributed by atoms with Crippen LogP contribution in [0.4, 0.5) is 17.1 Å². The summed E-state index contributed by atoms with van der Waals surface area (Å²) in [5, 5.41) is 0.448. The highest BCUT2D eigenvalue weighted by atomic mass is 35.5. The van der Waals surface area contributed by atoms with Crippen LogP contribution in [0.5, 0.6) is 11.5 Å². The Balaban J connectivity index is 1.26. The van der Waals surface area contributed by atoms with Crippen LogP contribution < -0.4 is 9.64 Å². The number of hydrogen-bond donors (Lipinski definition) is 0. The van der Waals surface area contributed by atoms with Gasteiger partial charge < -0.3 is 9.64 Å². The van der Waals surface area contributed by atoms with E-state index in [0.29, 0.717) is 5.15 Å². The molecule has 4 nitrogen and oxygen atoms in total. The molecule has 10 rings (SSSR count). The summed E-state index contributed by atoms with van der Waals surface area (Å²) in [5.74, 6) is 1.67. The third kappa shape index (κ3) is 3.72. The number of ether oxygens (including phenoxy) is 1. The Hall–Kier alpha value is -5.36. The molecule has 1 unspecified atom stereocenters. The number of fused-ring (bicyclic) bond motifs is 12. The van der Waals surface area contributed by atoms with Gasteiger partial charge >= 0.3 is 0 Å². The molecule has 0 bridgehead atoms. The first-order valence-corrected chi connectivity index (χ1v) is 16.7. The van der Waals surface area contributed by atoms with Crippen molar-refractivity contribution in [2.75, 3.05) is 4.90 Å². The van der Waals surface area contributed by atoms with Gasteiger partial charge in [-0.15, -0.1) is 0 Å². The minimum atomic E-state index is -0.675. The molecule has 2 aromatic heterocycles. The van der Waals surface area contributed by atoms with Gasteiger partial charge in [-0.05, 0) is 70.8 Å². The molecule has 0 saturated heterocycles. The standard InChI is InChI=1S/C41H24ClN3OS/c42-36-22-20-30-38(44-36)37-29(15-9-23-43-37)41(30)28-14-4-6-17-34(28)46-39-31(41)19-21-33-40(39)47-35-18-7-5-16-32(35)45(33)27-13-8-12-26(24-27)25-10-2-1-3-11-25/h1-24H. The summed E-state index contributed by atoms with van der Waals surface area (Å²) < 4.78 is 6.99. The second-order valence-electron chi connectivity index (χ2n) is 11.9. The molecule has 6 heteroatoms. The number of rotatable bonds is 2. The molecule has 0 fully saturated rings. The molecule has 0 amide bonds. The summed E-state index contributed by atoms with van der Waals surface area (Å²) in [6.07, 6.45) is 1.83. The maximum Gasteiger partial charge on any atom is 0.148 e. The lowest BCUT2D eigenvalue weighted by Crippen LogP contribution is -2.33. The summed E-state index contributed by atoms with van der Waals surface area (Å²) in [4.78, 5) is 14.3. The van der Waals surface area contributed by atoms with Crippen LogP contribution in [0.1, 0.15) is 22.3 Å². The fraction of sp³-hybridized carbons (Fsp3) is 0.0244. The van der Waals surface area contributed by atoms with Crippen LogP contribution in [0.3, 0.4) is 0 Å². The van der Waals surface area contributed by atoms with E-state index < -0.39 is 5.41 Å². The molecule has 1 spiro atoms. The van der Waals surface area contributed by atoms with E-state index in [-0.39, 0.29) is 0 Å². The van der Waals surface area contributed by atoms with Gasteiger partial charge in [-0.2, -0.15) is 0 Å². The first-order valence-electron chi connectivity index (χ1n) is 15.5. The van der Waals surface area contributed by atoms with Crippen LogP contribution in [0.25, 0.3) is 22.5 Å². The zero-order chi connectivity index (χ0) is 31.1. The van der Waals surface area contributed by atoms with Crippen LogP contribution in [0.2, 0.25) is 5.15 Å². The number of aromatic nitrogens is 2. The molecule has 3 aliphatic rings. The minimum absolute atomic E-state index is 0.448. The zero-order valence-electron chi connectivity index (χ0n) is 24.9. The van der Waals surface area contributed by atoms with E-state index in [1.165, 1.54) is 11.1 Å². The van der Waals surface area contributed by atoms with Gasteiger partial charge in [0.25, 0.3) is 0 Å². The lowest BCUT2D eigenvalue weighted by Gasteiger charge is -2.41. The summed E-state index contributed by atoms with van der Waals surface area (Å²) >= 11 is 8.27. The molecule has 0 saturated carbocycles. The third-order valence-corrected chi connectivity index (χ3v) is 10.8. The average molecular weight is 642 g/mol. The van der Waals surface area contributed by atoms with Crippen molar-refractivity contribution in [2.24, 2.45) is 0 Å². The van der Waals surface area contributed by atoms with Gasteiger partial charge in [-0.1, -0.05) is 114 Å². The number of benzene rings is 5. The molecule has 222 valence electrons. The van der Waals surface area contributed by atoms with E-state index in [4.69, 9.17) is 26.3 Å². The number of nitrogens with zero attached hydrogens (tertiary/aromatic N) is 3. The molecule has 7 aromatic rings. The van der Waals surface area contributed by atoms with Gasteiger partial charge in [0.2, 0.25) is 0 Å². The van der Waals surface area contributed by atoms with Crippen molar-refractivity contribution >= 4 is 40.4 Å². The zero-order valence-corrected chi connectivity index (χ0v) is 26.5. The second-order valence-corrected chi connectivity index (χ2v) is 13.3. The maximum absolute atomic E-state index is 6.99. The summed E-state index contributed by atoms with van der Waals surface area (Å²) in [7, 11) is 0. The van der Waals surface area contributed by atoms with Gasteiger partial charge in [0, 0.05) is 27.9 Å². The monoisotopic (exact) mass is 641 g/mol. The van der Waals surface area contributed by atoms with Crippen molar-refractivity contribution in [3.63, 3.8) is 0 Å². The Kier molecular flexibility index (Phi) is 5.75. The predicted octanol–water partition coefficient (Wildman–Crippen LogP) is 11.2. The molecule has 1 aliphatic carbocycles. The van der Waals surface area contributed by atoms with Gasteiger partial charge in [-0.25, -0.2) is 4.98 Å². The Morgan fingerprint density at radius 2 is 1.38 bits per heavy atom. The number of para-hydroxylation sites is 2. The van der Waals surface area contributed by atoms with Crippen LogP contribution in [0.15, 0.2) is 156 Å². The van der Waals surface area contributed by atoms with Crippen LogP contribution >= 0.6 is 23.4 Å². The van der Waals surface area contributed by atoms with Gasteiger partial charge in [0.05, 0.1) is 33.1 Å². The Labute approximate surface area is 281 Å². The van der Waals surface area contributed by atoms with E-state index in [0.717, 1.165) is 72.0 Å². The summed E-state index contributed by atoms with van der Waals surface area (Å²) in [5.41, 5.74) is 10.9. The van der Waals surface area contributed by atoms with E-state index >= 15 is 0 Å². The van der Waals surface area contributed by atoms with E-state index in [1.807, 2.05) is 24.4 Å². The normalized spacial score (nSPS) is 16.3. The molecule has 0 N–H and O–H groups in total. The van der Waals surface area contributed by atoms with E-state index in [9.17, 15) is 0 Å². The Morgan fingerprint density at radius 3 is 2.32 bits per heavy atom. The van der Waals surface area contributed by atoms with Crippen molar-refractivity contribution in [3.05, 3.63) is 173 Å². The lowest BCUT2D eigenvalue weighted by atomic mass is 9.66. The topological polar surface area (TPSA) is 38.3 Å². The molecular weight excluding hydrogens is 618 g/mol. The first kappa shape index (κ1) is 26.8. The maximum atomic E-state index is 6.99. The number of hydrogen-bond acceptors (Lipinski definition) is 5. The average Bonchev–Trinajstić information content (AvgIpc) is 3.41. The largest absolute Gasteiger partial charge is 0.455 e. The molecule has 47 heavy (non-hydrogen) atoms. The third-order valence-electron chi connectivity index (χ3n) is 9.47. The summed E-state index contributed by atoms with van der Waals surface area (Å²) in [6, 6.07) is 48.9. The lowest BCUT2D eigenvalue weighted by molar-refractivity contribution is 0.426. The Bertz CT molecular complexity index is 2410. The molecule has 5 aromatic carbocycles. The quantitative estimate of drug-likeness (QED) is 0.176. The number of halogens is 1. The molecule has 1 atom stereocenters. The highest BCUT2D eigenvalue weighted by molar-refractivity contribution is 7.99. The van der Waals surface area contributed by atoms with Gasteiger partial charge in [0.1, 0.15) is 16.7 Å². The molecule has 4 heterocycles. The van der Waals surface area contributed by atoms with E-state index in [1.54, 1.807) is 11.8 Å². The highest BCUT2D eigenvalue weighted by Crippen LogP contribution is 2.65. The predicted molar refractivity (Wildman–Crippen MR) is 189 cm³/mol. The smallest absolute Gasteiger partial charge is 0.148 e. The van der Waals surface area contributed by atoms with Crippen molar-refractivity contribution in [3.8, 4) is 34.0 Å². The van der Waals surface area contributed by atoms with Crippen LogP contribution in [-0.2, 0) is 5.41 Å². The van der Waals surface area contributed by atoms with Gasteiger partial charge in [0.15, 0.2) is 0 Å². The summed E-state index contributed by atoms with van der Waals surface area (Å²) in [6.45, 7) is 0. The van der Waals surface area contributed by atoms with Crippen LogP contribution in [-0.4, -0.2) is 9.97 Å². The molecular formula is C41H24ClN3OS. The molecule has 2 aliphatic heterocycles. The van der Waals surface area contributed by atoms with Crippen molar-refractivity contribution < 1.29 is 4.74 Å². The highest BCUT2D eigenvalue weighted by Gasteiger charge is 2.53. The van der Waals surface area contributed by atoms with Crippen molar-refractivity contribution in [1.82, 2.24) is 9.97 Å². The second kappa shape index (κ2) is 10.1. The first-order chi connectivity index (χ1) is 23.2. The fourth-order valence-electron chi connectivity index (χ4n) is 7.59. The van der Waals surface area contributed by atoms with Crippen molar-refractivity contribution in [1.29, 1.82) is 0 Å².